The van der Waals surface area contributed by atoms with Gasteiger partial charge in [0.15, 0.2) is 0 Å². The van der Waals surface area contributed by atoms with Gasteiger partial charge in [-0.05, 0) is 71.1 Å². The highest BCUT2D eigenvalue weighted by Crippen LogP contribution is 2.28. The predicted molar refractivity (Wildman–Crippen MR) is 123 cm³/mol. The molecule has 0 spiro atoms. The van der Waals surface area contributed by atoms with Crippen molar-refractivity contribution >= 4 is 17.8 Å². The molecule has 2 saturated heterocycles. The molecule has 1 N–H and O–H groups in total. The number of carbonyl (C=O) groups is 2. The molecule has 2 fully saturated rings. The summed E-state index contributed by atoms with van der Waals surface area (Å²) in [5.41, 5.74) is 1.14. The molecular weight excluding hydrogens is 410 g/mol. The lowest BCUT2D eigenvalue weighted by Crippen LogP contribution is -2.52. The minimum atomic E-state index is -0.553. The van der Waals surface area contributed by atoms with Crippen molar-refractivity contribution in [2.75, 3.05) is 38.7 Å². The van der Waals surface area contributed by atoms with Crippen LogP contribution in [-0.2, 0) is 9.47 Å². The monoisotopic (exact) mass is 447 g/mol. The third-order valence-electron chi connectivity index (χ3n) is 5.74. The summed E-state index contributed by atoms with van der Waals surface area (Å²) in [6.45, 7) is 9.88. The fourth-order valence-electron chi connectivity index (χ4n) is 3.94. The molecule has 3 rings (SSSR count). The van der Waals surface area contributed by atoms with E-state index in [9.17, 15) is 9.59 Å². The predicted octanol–water partition coefficient (Wildman–Crippen LogP) is 4.42. The molecule has 2 heterocycles. The fourth-order valence-corrected chi connectivity index (χ4v) is 3.94. The lowest BCUT2D eigenvalue weighted by atomic mass is 10.1. The van der Waals surface area contributed by atoms with E-state index in [0.717, 1.165) is 37.9 Å². The first-order valence-corrected chi connectivity index (χ1v) is 11.5. The first-order chi connectivity index (χ1) is 15.1. The van der Waals surface area contributed by atoms with Gasteiger partial charge in [-0.3, -0.25) is 0 Å². The van der Waals surface area contributed by atoms with Crippen LogP contribution in [0, 0.1) is 6.92 Å². The summed E-state index contributed by atoms with van der Waals surface area (Å²) in [6, 6.07) is 5.46. The van der Waals surface area contributed by atoms with Crippen LogP contribution in [0.15, 0.2) is 18.2 Å². The highest BCUT2D eigenvalue weighted by molar-refractivity contribution is 5.91. The van der Waals surface area contributed by atoms with Crippen LogP contribution in [0.1, 0.15) is 52.0 Å². The molecule has 3 amide bonds. The fraction of sp³-hybridized carbons (Fsp3) is 0.667. The quantitative estimate of drug-likeness (QED) is 0.723. The number of carbonyl (C=O) groups excluding carboxylic acids is 2. The average Bonchev–Trinajstić information content (AvgIpc) is 3.25. The SMILES string of the molecule is Cc1ccc(NC(=O)N2CCC[C@H](N(C)C(=O)OC(C)(C)C)C2)c(OC[C@@H]2CCCO2)c1. The van der Waals surface area contributed by atoms with Gasteiger partial charge >= 0.3 is 12.1 Å². The number of likely N-dealkylation sites (N-methyl/N-ethyl adjacent to an activating group) is 1. The maximum Gasteiger partial charge on any atom is 0.410 e. The number of hydrogen-bond donors (Lipinski definition) is 1. The summed E-state index contributed by atoms with van der Waals surface area (Å²) in [6.07, 6.45) is 3.44. The number of likely N-dealkylation sites (tertiary alicyclic amines) is 1. The standard InChI is InChI=1S/C24H37N3O5/c1-17-10-11-20(21(14-17)31-16-19-9-7-13-30-19)25-22(28)27-12-6-8-18(15-27)26(5)23(29)32-24(2,3)4/h10-11,14,18-19H,6-9,12-13,15-16H2,1-5H3,(H,25,28)/t18-,19-/m0/s1. The lowest BCUT2D eigenvalue weighted by Gasteiger charge is -2.38. The Kier molecular flexibility index (Phi) is 7.87. The van der Waals surface area contributed by atoms with Gasteiger partial charge in [0.05, 0.1) is 17.8 Å². The van der Waals surface area contributed by atoms with Gasteiger partial charge < -0.3 is 29.3 Å². The Hall–Kier alpha value is -2.48. The van der Waals surface area contributed by atoms with E-state index < -0.39 is 5.60 Å². The van der Waals surface area contributed by atoms with Crippen LogP contribution in [0.25, 0.3) is 0 Å². The molecule has 1 aromatic carbocycles. The van der Waals surface area contributed by atoms with E-state index in [1.807, 2.05) is 45.9 Å². The molecule has 2 aliphatic rings. The van der Waals surface area contributed by atoms with Crippen LogP contribution in [-0.4, -0.2) is 73.0 Å². The number of urea groups is 1. The average molecular weight is 448 g/mol. The van der Waals surface area contributed by atoms with E-state index in [0.29, 0.717) is 31.1 Å². The Bertz CT molecular complexity index is 801. The van der Waals surface area contributed by atoms with Gasteiger partial charge in [-0.25, -0.2) is 9.59 Å². The summed E-state index contributed by atoms with van der Waals surface area (Å²) < 4.78 is 17.1. The summed E-state index contributed by atoms with van der Waals surface area (Å²) in [5, 5.41) is 3.00. The number of ether oxygens (including phenoxy) is 3. The molecule has 32 heavy (non-hydrogen) atoms. The molecular formula is C24H37N3O5. The first-order valence-electron chi connectivity index (χ1n) is 11.5. The summed E-state index contributed by atoms with van der Waals surface area (Å²) in [7, 11) is 1.73. The molecule has 8 heteroatoms. The number of aryl methyl sites for hydroxylation is 1. The van der Waals surface area contributed by atoms with Crippen LogP contribution in [0.3, 0.4) is 0 Å². The third kappa shape index (κ3) is 6.76. The molecule has 0 unspecified atom stereocenters. The molecule has 8 nitrogen and oxygen atoms in total. The Balaban J connectivity index is 1.60. The van der Waals surface area contributed by atoms with Gasteiger partial charge in [-0.2, -0.15) is 0 Å². The summed E-state index contributed by atoms with van der Waals surface area (Å²) >= 11 is 0. The van der Waals surface area contributed by atoms with Crippen molar-refractivity contribution < 1.29 is 23.8 Å². The van der Waals surface area contributed by atoms with Crippen molar-refractivity contribution in [3.63, 3.8) is 0 Å². The van der Waals surface area contributed by atoms with E-state index in [-0.39, 0.29) is 24.3 Å². The second-order valence-corrected chi connectivity index (χ2v) is 9.71. The van der Waals surface area contributed by atoms with Crippen LogP contribution in [0.2, 0.25) is 0 Å². The minimum Gasteiger partial charge on any atom is -0.489 e. The zero-order valence-corrected chi connectivity index (χ0v) is 20.0. The van der Waals surface area contributed by atoms with Gasteiger partial charge in [-0.15, -0.1) is 0 Å². The van der Waals surface area contributed by atoms with Gasteiger partial charge in [0, 0.05) is 26.7 Å². The van der Waals surface area contributed by atoms with Crippen molar-refractivity contribution in [2.45, 2.75) is 71.1 Å². The van der Waals surface area contributed by atoms with Crippen LogP contribution >= 0.6 is 0 Å². The topological polar surface area (TPSA) is 80.3 Å². The van der Waals surface area contributed by atoms with E-state index in [2.05, 4.69) is 5.32 Å². The number of piperidine rings is 1. The molecule has 0 radical (unpaired) electrons. The third-order valence-corrected chi connectivity index (χ3v) is 5.74. The van der Waals surface area contributed by atoms with Gasteiger partial charge in [0.25, 0.3) is 0 Å². The zero-order valence-electron chi connectivity index (χ0n) is 20.0. The normalized spacial score (nSPS) is 21.2. The van der Waals surface area contributed by atoms with Crippen LogP contribution in [0.4, 0.5) is 15.3 Å². The van der Waals surface area contributed by atoms with Gasteiger partial charge in [0.1, 0.15) is 18.0 Å². The highest BCUT2D eigenvalue weighted by Gasteiger charge is 2.31. The van der Waals surface area contributed by atoms with Crippen molar-refractivity contribution in [2.24, 2.45) is 0 Å². The maximum atomic E-state index is 13.0. The molecule has 0 aromatic heterocycles. The van der Waals surface area contributed by atoms with Crippen molar-refractivity contribution in [1.29, 1.82) is 0 Å². The molecule has 0 bridgehead atoms. The van der Waals surface area contributed by atoms with Crippen LogP contribution < -0.4 is 10.1 Å². The van der Waals surface area contributed by atoms with Crippen LogP contribution in [0.5, 0.6) is 5.75 Å². The summed E-state index contributed by atoms with van der Waals surface area (Å²) in [5.74, 6) is 0.647. The Morgan fingerprint density at radius 3 is 2.72 bits per heavy atom. The Morgan fingerprint density at radius 1 is 1.25 bits per heavy atom. The molecule has 0 aliphatic carbocycles. The van der Waals surface area contributed by atoms with Gasteiger partial charge in [0.2, 0.25) is 0 Å². The van der Waals surface area contributed by atoms with Crippen molar-refractivity contribution in [3.8, 4) is 5.75 Å². The smallest absolute Gasteiger partial charge is 0.410 e. The molecule has 178 valence electrons. The maximum absolute atomic E-state index is 13.0. The summed E-state index contributed by atoms with van der Waals surface area (Å²) in [4.78, 5) is 28.8. The Morgan fingerprint density at radius 2 is 2.03 bits per heavy atom. The molecule has 1 aromatic rings. The molecule has 0 saturated carbocycles. The van der Waals surface area contributed by atoms with E-state index in [1.54, 1.807) is 16.8 Å². The number of rotatable bonds is 5. The number of hydrogen-bond acceptors (Lipinski definition) is 5. The number of amides is 3. The largest absolute Gasteiger partial charge is 0.489 e. The molecule has 2 atom stereocenters. The highest BCUT2D eigenvalue weighted by atomic mass is 16.6. The first kappa shape index (κ1) is 24.2. The number of benzene rings is 1. The lowest BCUT2D eigenvalue weighted by molar-refractivity contribution is 0.0158. The number of anilines is 1. The van der Waals surface area contributed by atoms with Gasteiger partial charge in [-0.1, -0.05) is 6.07 Å². The second kappa shape index (κ2) is 10.4. The minimum absolute atomic E-state index is 0.0856. The van der Waals surface area contributed by atoms with E-state index >= 15 is 0 Å². The van der Waals surface area contributed by atoms with Crippen molar-refractivity contribution in [3.05, 3.63) is 23.8 Å². The number of nitrogens with zero attached hydrogens (tertiary/aromatic N) is 2. The zero-order chi connectivity index (χ0) is 23.3. The Labute approximate surface area is 191 Å². The van der Waals surface area contributed by atoms with E-state index in [4.69, 9.17) is 14.2 Å². The van der Waals surface area contributed by atoms with E-state index in [1.165, 1.54) is 0 Å². The second-order valence-electron chi connectivity index (χ2n) is 9.71. The van der Waals surface area contributed by atoms with Crippen molar-refractivity contribution in [1.82, 2.24) is 9.80 Å². The molecule has 2 aliphatic heterocycles. The number of nitrogens with one attached hydrogen (secondary N) is 1.